The third kappa shape index (κ3) is 2.24. The first kappa shape index (κ1) is 11.9. The number of carboxylic acid groups (broad SMARTS) is 1. The molecule has 19 heavy (non-hydrogen) atoms. The van der Waals surface area contributed by atoms with Gasteiger partial charge < -0.3 is 5.11 Å². The molecule has 3 rings (SSSR count). The van der Waals surface area contributed by atoms with E-state index in [-0.39, 0.29) is 0 Å². The normalized spacial score (nSPS) is 16.0. The first-order valence-corrected chi connectivity index (χ1v) is 6.42. The zero-order chi connectivity index (χ0) is 13.3. The maximum atomic E-state index is 11.3. The fraction of sp³-hybridized carbons (Fsp3) is 0.250. The summed E-state index contributed by atoms with van der Waals surface area (Å²) in [6, 6.07) is 12.0. The Morgan fingerprint density at radius 2 is 1.63 bits per heavy atom. The highest BCUT2D eigenvalue weighted by molar-refractivity contribution is 5.84. The highest BCUT2D eigenvalue weighted by atomic mass is 16.4. The Morgan fingerprint density at radius 1 is 1.05 bits per heavy atom. The van der Waals surface area contributed by atoms with Gasteiger partial charge in [-0.3, -0.25) is 9.78 Å². The van der Waals surface area contributed by atoms with E-state index in [4.69, 9.17) is 0 Å². The van der Waals surface area contributed by atoms with Gasteiger partial charge >= 0.3 is 5.97 Å². The average Bonchev–Trinajstić information content (AvgIpc) is 3.22. The van der Waals surface area contributed by atoms with E-state index in [1.54, 1.807) is 12.4 Å². The maximum absolute atomic E-state index is 11.3. The molecule has 1 aliphatic carbocycles. The summed E-state index contributed by atoms with van der Waals surface area (Å²) in [6.07, 6.45) is 5.93. The van der Waals surface area contributed by atoms with Gasteiger partial charge in [-0.05, 0) is 48.1 Å². The van der Waals surface area contributed by atoms with Gasteiger partial charge in [-0.25, -0.2) is 0 Å². The van der Waals surface area contributed by atoms with Crippen LogP contribution in [0.3, 0.4) is 0 Å². The van der Waals surface area contributed by atoms with Crippen LogP contribution in [0.15, 0.2) is 48.8 Å². The Labute approximate surface area is 111 Å². The zero-order valence-corrected chi connectivity index (χ0v) is 10.5. The highest BCUT2D eigenvalue weighted by Gasteiger charge is 2.51. The molecule has 1 aromatic carbocycles. The van der Waals surface area contributed by atoms with E-state index in [0.29, 0.717) is 0 Å². The van der Waals surface area contributed by atoms with E-state index in [9.17, 15) is 9.90 Å². The van der Waals surface area contributed by atoms with Gasteiger partial charge in [0.15, 0.2) is 0 Å². The summed E-state index contributed by atoms with van der Waals surface area (Å²) < 4.78 is 0. The third-order valence-corrected chi connectivity index (χ3v) is 3.82. The molecule has 0 spiro atoms. The minimum atomic E-state index is -0.700. The van der Waals surface area contributed by atoms with Crippen LogP contribution in [0.4, 0.5) is 0 Å². The molecule has 3 nitrogen and oxygen atoms in total. The molecule has 0 radical (unpaired) electrons. The van der Waals surface area contributed by atoms with Crippen molar-refractivity contribution in [3.63, 3.8) is 0 Å². The van der Waals surface area contributed by atoms with E-state index >= 15 is 0 Å². The molecule has 1 heterocycles. The number of carboxylic acids is 1. The van der Waals surface area contributed by atoms with Gasteiger partial charge in [-0.15, -0.1) is 0 Å². The molecule has 1 aromatic heterocycles. The molecule has 0 bridgehead atoms. The topological polar surface area (TPSA) is 50.2 Å². The van der Waals surface area contributed by atoms with Gasteiger partial charge in [0.25, 0.3) is 0 Å². The summed E-state index contributed by atoms with van der Waals surface area (Å²) in [5, 5.41) is 9.25. The third-order valence-electron chi connectivity index (χ3n) is 3.82. The molecular formula is C16H15NO2. The highest BCUT2D eigenvalue weighted by Crippen LogP contribution is 2.48. The number of hydrogen-bond acceptors (Lipinski definition) is 2. The van der Waals surface area contributed by atoms with Crippen LogP contribution in [0.1, 0.15) is 29.5 Å². The van der Waals surface area contributed by atoms with E-state index in [0.717, 1.165) is 24.8 Å². The molecule has 0 aliphatic heterocycles. The molecule has 2 aromatic rings. The van der Waals surface area contributed by atoms with Crippen molar-refractivity contribution in [3.05, 3.63) is 65.5 Å². The minimum absolute atomic E-state index is 0.602. The van der Waals surface area contributed by atoms with Crippen molar-refractivity contribution in [2.24, 2.45) is 0 Å². The standard InChI is InChI=1S/C16H15NO2/c18-15(19)16(7-8-16)14-3-1-12(2-4-14)11-13-5-9-17-10-6-13/h1-6,9-10H,7-8,11H2,(H,18,19). The van der Waals surface area contributed by atoms with Gasteiger partial charge in [0.1, 0.15) is 0 Å². The minimum Gasteiger partial charge on any atom is -0.481 e. The van der Waals surface area contributed by atoms with Crippen LogP contribution in [0, 0.1) is 0 Å². The smallest absolute Gasteiger partial charge is 0.314 e. The second-order valence-electron chi connectivity index (χ2n) is 5.12. The van der Waals surface area contributed by atoms with E-state index in [1.807, 2.05) is 36.4 Å². The van der Waals surface area contributed by atoms with Gasteiger partial charge in [-0.1, -0.05) is 24.3 Å². The van der Waals surface area contributed by atoms with Crippen LogP contribution in [0.5, 0.6) is 0 Å². The van der Waals surface area contributed by atoms with Gasteiger partial charge in [-0.2, -0.15) is 0 Å². The summed E-state index contributed by atoms with van der Waals surface area (Å²) in [5.74, 6) is -0.700. The fourth-order valence-electron chi connectivity index (χ4n) is 2.43. The Bertz CT molecular complexity index is 586. The summed E-state index contributed by atoms with van der Waals surface area (Å²) in [5.41, 5.74) is 2.73. The van der Waals surface area contributed by atoms with E-state index < -0.39 is 11.4 Å². The first-order chi connectivity index (χ1) is 9.21. The molecule has 1 fully saturated rings. The van der Waals surface area contributed by atoms with E-state index in [1.165, 1.54) is 11.1 Å². The molecular weight excluding hydrogens is 238 g/mol. The van der Waals surface area contributed by atoms with Gasteiger partial charge in [0.2, 0.25) is 0 Å². The largest absolute Gasteiger partial charge is 0.481 e. The Balaban J connectivity index is 1.78. The summed E-state index contributed by atoms with van der Waals surface area (Å²) in [6.45, 7) is 0. The molecule has 0 amide bonds. The summed E-state index contributed by atoms with van der Waals surface area (Å²) in [7, 11) is 0. The zero-order valence-electron chi connectivity index (χ0n) is 10.5. The molecule has 1 saturated carbocycles. The predicted octanol–water partition coefficient (Wildman–Crippen LogP) is 2.79. The second-order valence-corrected chi connectivity index (χ2v) is 5.12. The van der Waals surface area contributed by atoms with E-state index in [2.05, 4.69) is 4.98 Å². The lowest BCUT2D eigenvalue weighted by molar-refractivity contribution is -0.140. The lowest BCUT2D eigenvalue weighted by atomic mass is 9.94. The Morgan fingerprint density at radius 3 is 2.16 bits per heavy atom. The van der Waals surface area contributed by atoms with Crippen molar-refractivity contribution in [3.8, 4) is 0 Å². The summed E-state index contributed by atoms with van der Waals surface area (Å²) >= 11 is 0. The number of hydrogen-bond donors (Lipinski definition) is 1. The van der Waals surface area contributed by atoms with Crippen LogP contribution in [-0.4, -0.2) is 16.1 Å². The molecule has 1 aliphatic rings. The molecule has 0 atom stereocenters. The first-order valence-electron chi connectivity index (χ1n) is 6.42. The van der Waals surface area contributed by atoms with Gasteiger partial charge in [0.05, 0.1) is 5.41 Å². The Kier molecular flexibility index (Phi) is 2.82. The number of nitrogens with zero attached hydrogens (tertiary/aromatic N) is 1. The summed E-state index contributed by atoms with van der Waals surface area (Å²) in [4.78, 5) is 15.2. The molecule has 3 heteroatoms. The molecule has 0 saturated heterocycles. The number of aliphatic carboxylic acids is 1. The van der Waals surface area contributed by atoms with Crippen molar-refractivity contribution in [1.82, 2.24) is 4.98 Å². The lowest BCUT2D eigenvalue weighted by Crippen LogP contribution is -2.19. The fourth-order valence-corrected chi connectivity index (χ4v) is 2.43. The second kappa shape index (κ2) is 4.50. The van der Waals surface area contributed by atoms with Crippen LogP contribution in [0.25, 0.3) is 0 Å². The number of pyridine rings is 1. The monoisotopic (exact) mass is 253 g/mol. The molecule has 1 N–H and O–H groups in total. The quantitative estimate of drug-likeness (QED) is 0.911. The number of benzene rings is 1. The average molecular weight is 253 g/mol. The number of rotatable bonds is 4. The molecule has 0 unspecified atom stereocenters. The van der Waals surface area contributed by atoms with Crippen molar-refractivity contribution in [1.29, 1.82) is 0 Å². The Hall–Kier alpha value is -2.16. The van der Waals surface area contributed by atoms with Gasteiger partial charge in [0, 0.05) is 12.4 Å². The van der Waals surface area contributed by atoms with Crippen LogP contribution in [-0.2, 0) is 16.6 Å². The van der Waals surface area contributed by atoms with Crippen LogP contribution < -0.4 is 0 Å². The predicted molar refractivity (Wildman–Crippen MR) is 72.0 cm³/mol. The van der Waals surface area contributed by atoms with Crippen molar-refractivity contribution in [2.75, 3.05) is 0 Å². The van der Waals surface area contributed by atoms with Crippen molar-refractivity contribution in [2.45, 2.75) is 24.7 Å². The van der Waals surface area contributed by atoms with Crippen LogP contribution >= 0.6 is 0 Å². The maximum Gasteiger partial charge on any atom is 0.314 e. The van der Waals surface area contributed by atoms with Crippen LogP contribution in [0.2, 0.25) is 0 Å². The molecule has 96 valence electrons. The van der Waals surface area contributed by atoms with Crippen molar-refractivity contribution >= 4 is 5.97 Å². The number of carbonyl (C=O) groups is 1. The van der Waals surface area contributed by atoms with Crippen molar-refractivity contribution < 1.29 is 9.90 Å². The lowest BCUT2D eigenvalue weighted by Gasteiger charge is -2.10. The SMILES string of the molecule is O=C(O)C1(c2ccc(Cc3ccncc3)cc2)CC1. The number of aromatic nitrogens is 1.